The molecule has 4 unspecified atom stereocenters. The minimum absolute atomic E-state index is 0.00625. The van der Waals surface area contributed by atoms with E-state index in [0.29, 0.717) is 11.4 Å². The van der Waals surface area contributed by atoms with Gasteiger partial charge in [-0.25, -0.2) is 4.98 Å². The fourth-order valence-corrected chi connectivity index (χ4v) is 4.27. The van der Waals surface area contributed by atoms with Crippen LogP contribution < -0.4 is 4.74 Å². The lowest BCUT2D eigenvalue weighted by atomic mass is 10.1. The van der Waals surface area contributed by atoms with Crippen LogP contribution >= 0.6 is 23.2 Å². The number of nitrogens with zero attached hydrogens (tertiary/aromatic N) is 4. The van der Waals surface area contributed by atoms with Crippen molar-refractivity contribution in [3.05, 3.63) is 46.3 Å². The minimum atomic E-state index is -1.11. The molecule has 12 nitrogen and oxygen atoms in total. The molecule has 1 aromatic carbocycles. The molecule has 1 aliphatic rings. The van der Waals surface area contributed by atoms with Gasteiger partial charge in [-0.3, -0.25) is 19.0 Å². The van der Waals surface area contributed by atoms with Crippen molar-refractivity contribution in [2.24, 2.45) is 0 Å². The number of benzene rings is 1. The van der Waals surface area contributed by atoms with Crippen LogP contribution in [0.15, 0.2) is 30.6 Å². The van der Waals surface area contributed by atoms with Gasteiger partial charge in [-0.1, -0.05) is 35.3 Å². The lowest BCUT2D eigenvalue weighted by Gasteiger charge is -2.23. The number of ether oxygens (including phenoxy) is 5. The van der Waals surface area contributed by atoms with Gasteiger partial charge >= 0.3 is 23.9 Å². The second kappa shape index (κ2) is 11.9. The Morgan fingerprint density at radius 1 is 0.974 bits per heavy atom. The highest BCUT2D eigenvalue weighted by Crippen LogP contribution is 2.36. The number of carbonyl (C=O) groups excluding carboxylic acids is 3. The molecule has 3 aromatic rings. The first-order valence-electron chi connectivity index (χ1n) is 11.5. The van der Waals surface area contributed by atoms with E-state index in [1.165, 1.54) is 31.7 Å². The Kier molecular flexibility index (Phi) is 8.65. The standard InChI is InChI=1S/C24H24Cl2N4O8/c1-12(31)35-10-17-19(36-13(2)32)20(37-14(3)33)23(38-17)30-11-27-18-21(26)28-24(29-22(18)30)34-9-8-15-4-6-16(25)7-5-15/h4-7,11,17,19-20,23H,8-10H2,1-3H3. The summed E-state index contributed by atoms with van der Waals surface area (Å²) in [6.45, 7) is 3.65. The first kappa shape index (κ1) is 27.6. The summed E-state index contributed by atoms with van der Waals surface area (Å²) in [5.74, 6) is -1.84. The number of esters is 3. The van der Waals surface area contributed by atoms with Crippen LogP contribution in [0.4, 0.5) is 0 Å². The number of hydrogen-bond donors (Lipinski definition) is 0. The molecule has 0 N–H and O–H groups in total. The topological polar surface area (TPSA) is 141 Å². The van der Waals surface area contributed by atoms with E-state index in [1.54, 1.807) is 12.1 Å². The normalized spacial score (nSPS) is 20.8. The number of hydrogen-bond acceptors (Lipinski definition) is 11. The third-order valence-corrected chi connectivity index (χ3v) is 6.02. The number of fused-ring (bicyclic) bond motifs is 1. The maximum Gasteiger partial charge on any atom is 0.319 e. The molecule has 0 aliphatic carbocycles. The molecule has 0 amide bonds. The average molecular weight is 567 g/mol. The van der Waals surface area contributed by atoms with E-state index in [2.05, 4.69) is 15.0 Å². The lowest BCUT2D eigenvalue weighted by Crippen LogP contribution is -2.40. The molecule has 202 valence electrons. The van der Waals surface area contributed by atoms with Crippen LogP contribution in [0.25, 0.3) is 11.2 Å². The van der Waals surface area contributed by atoms with Crippen molar-refractivity contribution >= 4 is 52.3 Å². The Morgan fingerprint density at radius 3 is 2.32 bits per heavy atom. The van der Waals surface area contributed by atoms with Crippen molar-refractivity contribution < 1.29 is 38.1 Å². The Hall–Kier alpha value is -3.48. The number of imidazole rings is 1. The molecule has 0 spiro atoms. The summed E-state index contributed by atoms with van der Waals surface area (Å²) in [6.07, 6.45) is -2.24. The van der Waals surface area contributed by atoms with Crippen molar-refractivity contribution in [3.8, 4) is 6.01 Å². The van der Waals surface area contributed by atoms with Gasteiger partial charge in [0.1, 0.15) is 18.2 Å². The fraction of sp³-hybridized carbons (Fsp3) is 0.417. The van der Waals surface area contributed by atoms with E-state index in [9.17, 15) is 14.4 Å². The van der Waals surface area contributed by atoms with E-state index in [4.69, 9.17) is 46.9 Å². The quantitative estimate of drug-likeness (QED) is 0.214. The molecule has 4 rings (SSSR count). The predicted molar refractivity (Wildman–Crippen MR) is 133 cm³/mol. The molecule has 0 bridgehead atoms. The second-order valence-corrected chi connectivity index (χ2v) is 9.16. The van der Waals surface area contributed by atoms with Gasteiger partial charge in [-0.05, 0) is 17.7 Å². The van der Waals surface area contributed by atoms with E-state index >= 15 is 0 Å². The molecular weight excluding hydrogens is 543 g/mol. The summed E-state index contributed by atoms with van der Waals surface area (Å²) in [5.41, 5.74) is 1.48. The van der Waals surface area contributed by atoms with Crippen LogP contribution in [0, 0.1) is 0 Å². The number of carbonyl (C=O) groups is 3. The molecular formula is C24H24Cl2N4O8. The third-order valence-electron chi connectivity index (χ3n) is 5.51. The Labute approximate surface area is 227 Å². The molecule has 2 aromatic heterocycles. The molecule has 1 saturated heterocycles. The molecule has 0 radical (unpaired) electrons. The lowest BCUT2D eigenvalue weighted by molar-refractivity contribution is -0.166. The van der Waals surface area contributed by atoms with Gasteiger partial charge < -0.3 is 23.7 Å². The van der Waals surface area contributed by atoms with Gasteiger partial charge in [-0.2, -0.15) is 9.97 Å². The van der Waals surface area contributed by atoms with E-state index < -0.39 is 42.4 Å². The molecule has 38 heavy (non-hydrogen) atoms. The number of aromatic nitrogens is 4. The summed E-state index contributed by atoms with van der Waals surface area (Å²) in [6, 6.07) is 7.33. The van der Waals surface area contributed by atoms with Crippen molar-refractivity contribution in [1.29, 1.82) is 0 Å². The Balaban J connectivity index is 1.62. The number of rotatable bonds is 9. The van der Waals surface area contributed by atoms with E-state index in [-0.39, 0.29) is 35.5 Å². The highest BCUT2D eigenvalue weighted by molar-refractivity contribution is 6.33. The minimum Gasteiger partial charge on any atom is -0.463 e. The summed E-state index contributed by atoms with van der Waals surface area (Å²) in [4.78, 5) is 48.0. The second-order valence-electron chi connectivity index (χ2n) is 8.36. The molecule has 1 fully saturated rings. The third kappa shape index (κ3) is 6.50. The SMILES string of the molecule is CC(=O)OCC1OC(n2cnc3c(Cl)nc(OCCc4ccc(Cl)cc4)nc32)C(OC(C)=O)C1OC(C)=O. The van der Waals surface area contributed by atoms with Crippen molar-refractivity contribution in [1.82, 2.24) is 19.5 Å². The van der Waals surface area contributed by atoms with Gasteiger partial charge in [0.05, 0.1) is 12.9 Å². The van der Waals surface area contributed by atoms with Gasteiger partial charge in [0, 0.05) is 32.2 Å². The monoisotopic (exact) mass is 566 g/mol. The maximum atomic E-state index is 11.9. The average Bonchev–Trinajstić information content (AvgIpc) is 3.40. The molecule has 1 aliphatic heterocycles. The first-order valence-corrected chi connectivity index (χ1v) is 12.3. The summed E-state index contributed by atoms with van der Waals surface area (Å²) >= 11 is 12.3. The maximum absolute atomic E-state index is 11.9. The Morgan fingerprint density at radius 2 is 1.66 bits per heavy atom. The van der Waals surface area contributed by atoms with E-state index in [1.807, 2.05) is 12.1 Å². The number of halogens is 2. The molecule has 14 heteroatoms. The van der Waals surface area contributed by atoms with Gasteiger partial charge in [-0.15, -0.1) is 0 Å². The van der Waals surface area contributed by atoms with Crippen molar-refractivity contribution in [2.45, 2.75) is 51.7 Å². The molecule has 0 saturated carbocycles. The fourth-order valence-electron chi connectivity index (χ4n) is 3.94. The van der Waals surface area contributed by atoms with Crippen LogP contribution in [0.5, 0.6) is 6.01 Å². The first-order chi connectivity index (χ1) is 18.1. The van der Waals surface area contributed by atoms with Crippen LogP contribution in [0.1, 0.15) is 32.6 Å². The van der Waals surface area contributed by atoms with Gasteiger partial charge in [0.25, 0.3) is 0 Å². The van der Waals surface area contributed by atoms with Gasteiger partial charge in [0.2, 0.25) is 0 Å². The van der Waals surface area contributed by atoms with Crippen LogP contribution in [-0.2, 0) is 39.8 Å². The van der Waals surface area contributed by atoms with Crippen molar-refractivity contribution in [3.63, 3.8) is 0 Å². The van der Waals surface area contributed by atoms with Crippen LogP contribution in [-0.4, -0.2) is 69.0 Å². The molecule has 4 atom stereocenters. The van der Waals surface area contributed by atoms with Gasteiger partial charge in [0.15, 0.2) is 29.2 Å². The zero-order chi connectivity index (χ0) is 27.4. The van der Waals surface area contributed by atoms with Crippen LogP contribution in [0.3, 0.4) is 0 Å². The largest absolute Gasteiger partial charge is 0.463 e. The summed E-state index contributed by atoms with van der Waals surface area (Å²) < 4.78 is 29.2. The predicted octanol–water partition coefficient (Wildman–Crippen LogP) is 3.08. The zero-order valence-electron chi connectivity index (χ0n) is 20.6. The summed E-state index contributed by atoms with van der Waals surface area (Å²) in [7, 11) is 0. The summed E-state index contributed by atoms with van der Waals surface area (Å²) in [5, 5.41) is 0.668. The molecule has 3 heterocycles. The van der Waals surface area contributed by atoms with Crippen molar-refractivity contribution in [2.75, 3.05) is 13.2 Å². The van der Waals surface area contributed by atoms with E-state index in [0.717, 1.165) is 5.56 Å². The highest BCUT2D eigenvalue weighted by Gasteiger charge is 2.51. The zero-order valence-corrected chi connectivity index (χ0v) is 22.1. The van der Waals surface area contributed by atoms with Crippen LogP contribution in [0.2, 0.25) is 10.2 Å². The Bertz CT molecular complexity index is 1330. The highest BCUT2D eigenvalue weighted by atomic mass is 35.5. The smallest absolute Gasteiger partial charge is 0.319 e.